The van der Waals surface area contributed by atoms with E-state index in [0.29, 0.717) is 39.6 Å². The van der Waals surface area contributed by atoms with E-state index in [2.05, 4.69) is 26.7 Å². The zero-order valence-electron chi connectivity index (χ0n) is 16.6. The van der Waals surface area contributed by atoms with E-state index in [1.54, 1.807) is 22.8 Å². The van der Waals surface area contributed by atoms with Crippen molar-refractivity contribution >= 4 is 39.3 Å². The molecule has 0 amide bonds. The molecule has 0 fully saturated rings. The average Bonchev–Trinajstić information content (AvgIpc) is 3.20. The van der Waals surface area contributed by atoms with E-state index in [0.717, 1.165) is 5.52 Å². The highest BCUT2D eigenvalue weighted by Gasteiger charge is 2.20. The molecule has 9 heteroatoms. The Balaban J connectivity index is 1.65. The van der Waals surface area contributed by atoms with Crippen LogP contribution in [0.1, 0.15) is 18.0 Å². The van der Waals surface area contributed by atoms with Crippen molar-refractivity contribution in [2.45, 2.75) is 23.9 Å². The summed E-state index contributed by atoms with van der Waals surface area (Å²) in [5.74, 6) is 0.993. The average molecular weight is 430 g/mol. The molecule has 8 nitrogen and oxygen atoms in total. The molecule has 0 saturated heterocycles. The minimum Gasteiger partial charge on any atom is -0.309 e. The summed E-state index contributed by atoms with van der Waals surface area (Å²) in [4.78, 5) is 32.9. The van der Waals surface area contributed by atoms with Gasteiger partial charge in [0.05, 0.1) is 27.1 Å². The van der Waals surface area contributed by atoms with Crippen molar-refractivity contribution in [3.8, 4) is 0 Å². The Morgan fingerprint density at radius 1 is 1.10 bits per heavy atom. The Morgan fingerprint density at radius 2 is 1.84 bits per heavy atom. The zero-order chi connectivity index (χ0) is 21.5. The van der Waals surface area contributed by atoms with E-state index in [-0.39, 0.29) is 16.4 Å². The summed E-state index contributed by atoms with van der Waals surface area (Å²) in [5.41, 5.74) is 1.05. The van der Waals surface area contributed by atoms with Crippen LogP contribution in [0.15, 0.2) is 75.9 Å². The van der Waals surface area contributed by atoms with E-state index < -0.39 is 0 Å². The Labute approximate surface area is 180 Å². The molecular weight excluding hydrogens is 412 g/mol. The van der Waals surface area contributed by atoms with Gasteiger partial charge in [-0.3, -0.25) is 18.6 Å². The van der Waals surface area contributed by atoms with E-state index in [4.69, 9.17) is 0 Å². The van der Waals surface area contributed by atoms with E-state index in [9.17, 15) is 9.59 Å². The van der Waals surface area contributed by atoms with Crippen LogP contribution < -0.4 is 11.1 Å². The number of allylic oxidation sites excluding steroid dienone is 1. The van der Waals surface area contributed by atoms with Crippen LogP contribution >= 0.6 is 11.8 Å². The minimum atomic E-state index is -0.205. The van der Waals surface area contributed by atoms with Gasteiger partial charge in [-0.15, -0.1) is 16.8 Å². The molecule has 5 aromatic rings. The molecule has 5 rings (SSSR count). The monoisotopic (exact) mass is 430 g/mol. The normalized spacial score (nSPS) is 12.5. The lowest BCUT2D eigenvalue weighted by molar-refractivity contribution is 0.783. The summed E-state index contributed by atoms with van der Waals surface area (Å²) in [7, 11) is 0. The van der Waals surface area contributed by atoms with Crippen LogP contribution in [-0.4, -0.2) is 29.1 Å². The number of hydrogen-bond donors (Lipinski definition) is 1. The van der Waals surface area contributed by atoms with Crippen molar-refractivity contribution in [2.75, 3.05) is 0 Å². The first-order chi connectivity index (χ1) is 15.1. The van der Waals surface area contributed by atoms with Crippen LogP contribution in [0, 0.1) is 0 Å². The molecule has 0 radical (unpaired) electrons. The fraction of sp³-hybridized carbons (Fsp3) is 0.136. The van der Waals surface area contributed by atoms with Crippen molar-refractivity contribution in [1.29, 1.82) is 0 Å². The third kappa shape index (κ3) is 3.14. The summed E-state index contributed by atoms with van der Waals surface area (Å²) < 4.78 is 3.41. The molecule has 0 spiro atoms. The van der Waals surface area contributed by atoms with Crippen molar-refractivity contribution in [2.24, 2.45) is 0 Å². The maximum atomic E-state index is 12.9. The van der Waals surface area contributed by atoms with Crippen LogP contribution in [0.25, 0.3) is 27.6 Å². The van der Waals surface area contributed by atoms with Gasteiger partial charge in [-0.1, -0.05) is 42.1 Å². The third-order valence-electron chi connectivity index (χ3n) is 5.09. The molecule has 31 heavy (non-hydrogen) atoms. The number of nitrogens with one attached hydrogen (secondary N) is 1. The SMILES string of the molecule is C=CCn1c(=O)c2ccccc2n2c(SC(C)c3nc4ccccc4c(=O)[nH]3)nnc12. The van der Waals surface area contributed by atoms with Gasteiger partial charge in [0.15, 0.2) is 5.16 Å². The topological polar surface area (TPSA) is 97.9 Å². The number of benzene rings is 2. The van der Waals surface area contributed by atoms with Crippen molar-refractivity contribution in [3.63, 3.8) is 0 Å². The lowest BCUT2D eigenvalue weighted by Crippen LogP contribution is -2.22. The molecule has 0 aliphatic heterocycles. The second-order valence-corrected chi connectivity index (χ2v) is 8.38. The van der Waals surface area contributed by atoms with Gasteiger partial charge in [-0.2, -0.15) is 0 Å². The van der Waals surface area contributed by atoms with Gasteiger partial charge in [0.1, 0.15) is 5.82 Å². The van der Waals surface area contributed by atoms with Gasteiger partial charge >= 0.3 is 0 Å². The van der Waals surface area contributed by atoms with Crippen LogP contribution in [-0.2, 0) is 6.54 Å². The number of fused-ring (bicyclic) bond motifs is 4. The molecule has 1 atom stereocenters. The first-order valence-corrected chi connectivity index (χ1v) is 10.6. The number of rotatable bonds is 5. The largest absolute Gasteiger partial charge is 0.309 e. The predicted molar refractivity (Wildman–Crippen MR) is 122 cm³/mol. The number of nitrogens with zero attached hydrogens (tertiary/aromatic N) is 5. The Bertz CT molecular complexity index is 1580. The van der Waals surface area contributed by atoms with Gasteiger partial charge in [0.25, 0.3) is 11.1 Å². The van der Waals surface area contributed by atoms with Gasteiger partial charge in [-0.05, 0) is 31.2 Å². The molecule has 0 saturated carbocycles. The van der Waals surface area contributed by atoms with E-state index in [1.807, 2.05) is 47.7 Å². The fourth-order valence-electron chi connectivity index (χ4n) is 3.61. The molecular formula is C22H18N6O2S. The van der Waals surface area contributed by atoms with Crippen LogP contribution in [0.5, 0.6) is 0 Å². The number of para-hydroxylation sites is 2. The number of hydrogen-bond acceptors (Lipinski definition) is 6. The minimum absolute atomic E-state index is 0.138. The van der Waals surface area contributed by atoms with E-state index in [1.165, 1.54) is 11.8 Å². The first kappa shape index (κ1) is 19.3. The molecule has 0 aliphatic carbocycles. The van der Waals surface area contributed by atoms with E-state index >= 15 is 0 Å². The van der Waals surface area contributed by atoms with Gasteiger partial charge < -0.3 is 4.98 Å². The molecule has 0 aliphatic rings. The second-order valence-electron chi connectivity index (χ2n) is 7.07. The number of thioether (sulfide) groups is 1. The molecule has 0 bridgehead atoms. The zero-order valence-corrected chi connectivity index (χ0v) is 17.5. The van der Waals surface area contributed by atoms with Crippen molar-refractivity contribution in [3.05, 3.63) is 87.7 Å². The molecule has 1 N–H and O–H groups in total. The van der Waals surface area contributed by atoms with Crippen molar-refractivity contribution in [1.82, 2.24) is 29.1 Å². The van der Waals surface area contributed by atoms with Crippen LogP contribution in [0.3, 0.4) is 0 Å². The van der Waals surface area contributed by atoms with Gasteiger partial charge in [0.2, 0.25) is 5.78 Å². The van der Waals surface area contributed by atoms with Gasteiger partial charge in [-0.25, -0.2) is 4.98 Å². The molecule has 3 aromatic heterocycles. The summed E-state index contributed by atoms with van der Waals surface area (Å²) in [6, 6.07) is 14.6. The standard InChI is InChI=1S/C22H18N6O2S/c1-3-12-27-20(30)15-9-5-7-11-17(15)28-21(27)25-26-22(28)31-13(2)18-23-16-10-6-4-8-14(16)19(29)24-18/h3-11,13H,1,12H2,2H3,(H,23,24,29). The first-order valence-electron chi connectivity index (χ1n) is 9.71. The van der Waals surface area contributed by atoms with Gasteiger partial charge in [0, 0.05) is 6.54 Å². The molecule has 1 unspecified atom stereocenters. The highest BCUT2D eigenvalue weighted by Crippen LogP contribution is 2.33. The lowest BCUT2D eigenvalue weighted by Gasteiger charge is -2.12. The number of aromatic amines is 1. The highest BCUT2D eigenvalue weighted by atomic mass is 32.2. The molecule has 154 valence electrons. The quantitative estimate of drug-likeness (QED) is 0.339. The fourth-order valence-corrected chi connectivity index (χ4v) is 4.53. The summed E-state index contributed by atoms with van der Waals surface area (Å²) in [6.07, 6.45) is 1.66. The van der Waals surface area contributed by atoms with Crippen LogP contribution in [0.4, 0.5) is 0 Å². The second kappa shape index (κ2) is 7.51. The maximum absolute atomic E-state index is 12.9. The number of H-pyrrole nitrogens is 1. The third-order valence-corrected chi connectivity index (χ3v) is 6.14. The predicted octanol–water partition coefficient (Wildman–Crippen LogP) is 3.32. The Hall–Kier alpha value is -3.72. The van der Waals surface area contributed by atoms with Crippen LogP contribution in [0.2, 0.25) is 0 Å². The summed E-state index contributed by atoms with van der Waals surface area (Å²) in [5, 5.41) is 10.1. The maximum Gasteiger partial charge on any atom is 0.263 e. The Morgan fingerprint density at radius 3 is 2.65 bits per heavy atom. The smallest absolute Gasteiger partial charge is 0.263 e. The molecule has 2 aromatic carbocycles. The summed E-state index contributed by atoms with van der Waals surface area (Å²) >= 11 is 1.41. The number of aromatic nitrogens is 6. The highest BCUT2D eigenvalue weighted by molar-refractivity contribution is 7.99. The van der Waals surface area contributed by atoms with Crippen molar-refractivity contribution < 1.29 is 0 Å². The molecule has 3 heterocycles. The lowest BCUT2D eigenvalue weighted by atomic mass is 10.2. The Kier molecular flexibility index (Phi) is 4.67. The summed E-state index contributed by atoms with van der Waals surface area (Å²) in [6.45, 7) is 6.02.